The summed E-state index contributed by atoms with van der Waals surface area (Å²) in [5, 5.41) is 0. The van der Waals surface area contributed by atoms with Crippen molar-refractivity contribution in [3.8, 4) is 0 Å². The number of nitrogens with zero attached hydrogens (tertiary/aromatic N) is 1. The first-order valence-corrected chi connectivity index (χ1v) is 6.63. The van der Waals surface area contributed by atoms with Crippen LogP contribution < -0.4 is 5.56 Å². The molecule has 2 nitrogen and oxygen atoms in total. The maximum atomic E-state index is 11.6. The standard InChI is InChI=1S/C12H9BrINO/c13-10-5-6-12(16)15(8-10)7-9-3-1-2-4-11(9)14/h1-6,8H,7H2. The fourth-order valence-electron chi connectivity index (χ4n) is 1.44. The van der Waals surface area contributed by atoms with Gasteiger partial charge in [-0.05, 0) is 56.2 Å². The lowest BCUT2D eigenvalue weighted by molar-refractivity contribution is 0.753. The van der Waals surface area contributed by atoms with Crippen molar-refractivity contribution in [1.82, 2.24) is 4.57 Å². The van der Waals surface area contributed by atoms with Gasteiger partial charge < -0.3 is 4.57 Å². The smallest absolute Gasteiger partial charge is 0.250 e. The Bertz CT molecular complexity index is 565. The average Bonchev–Trinajstić information content (AvgIpc) is 2.27. The Balaban J connectivity index is 2.38. The maximum absolute atomic E-state index is 11.6. The maximum Gasteiger partial charge on any atom is 0.250 e. The highest BCUT2D eigenvalue weighted by Gasteiger charge is 2.01. The highest BCUT2D eigenvalue weighted by atomic mass is 127. The molecular formula is C12H9BrINO. The number of rotatable bonds is 2. The summed E-state index contributed by atoms with van der Waals surface area (Å²) in [7, 11) is 0. The Morgan fingerprint density at radius 2 is 1.94 bits per heavy atom. The van der Waals surface area contributed by atoms with Gasteiger partial charge >= 0.3 is 0 Å². The quantitative estimate of drug-likeness (QED) is 0.722. The Labute approximate surface area is 116 Å². The summed E-state index contributed by atoms with van der Waals surface area (Å²) in [4.78, 5) is 11.6. The summed E-state index contributed by atoms with van der Waals surface area (Å²) in [5.41, 5.74) is 1.17. The number of hydrogen-bond acceptors (Lipinski definition) is 1. The Morgan fingerprint density at radius 1 is 1.19 bits per heavy atom. The van der Waals surface area contributed by atoms with E-state index in [1.807, 2.05) is 30.5 Å². The van der Waals surface area contributed by atoms with Crippen LogP contribution in [0.3, 0.4) is 0 Å². The summed E-state index contributed by atoms with van der Waals surface area (Å²) in [6.07, 6.45) is 1.81. The van der Waals surface area contributed by atoms with E-state index in [1.165, 1.54) is 3.57 Å². The van der Waals surface area contributed by atoms with Crippen LogP contribution >= 0.6 is 38.5 Å². The molecule has 2 aromatic rings. The second-order valence-electron chi connectivity index (χ2n) is 3.40. The van der Waals surface area contributed by atoms with Crippen LogP contribution in [-0.4, -0.2) is 4.57 Å². The van der Waals surface area contributed by atoms with E-state index in [9.17, 15) is 4.79 Å². The van der Waals surface area contributed by atoms with Crippen molar-refractivity contribution in [1.29, 1.82) is 0 Å². The molecule has 82 valence electrons. The minimum absolute atomic E-state index is 0.0165. The third-order valence-corrected chi connectivity index (χ3v) is 3.77. The molecule has 1 heterocycles. The van der Waals surface area contributed by atoms with E-state index in [0.29, 0.717) is 6.54 Å². The van der Waals surface area contributed by atoms with Crippen LogP contribution in [0.4, 0.5) is 0 Å². The molecule has 0 amide bonds. The summed E-state index contributed by atoms with van der Waals surface area (Å²) in [5.74, 6) is 0. The van der Waals surface area contributed by atoms with Gasteiger partial charge in [-0.15, -0.1) is 0 Å². The summed E-state index contributed by atoms with van der Waals surface area (Å²) in [6, 6.07) is 11.4. The molecule has 1 aromatic heterocycles. The van der Waals surface area contributed by atoms with Gasteiger partial charge in [0, 0.05) is 20.3 Å². The fraction of sp³-hybridized carbons (Fsp3) is 0.0833. The molecule has 0 saturated heterocycles. The van der Waals surface area contributed by atoms with Crippen LogP contribution in [-0.2, 0) is 6.54 Å². The minimum Gasteiger partial charge on any atom is -0.310 e. The zero-order chi connectivity index (χ0) is 11.5. The Kier molecular flexibility index (Phi) is 3.81. The fourth-order valence-corrected chi connectivity index (χ4v) is 2.37. The van der Waals surface area contributed by atoms with Gasteiger partial charge in [-0.25, -0.2) is 0 Å². The molecule has 0 atom stereocenters. The van der Waals surface area contributed by atoms with E-state index in [4.69, 9.17) is 0 Å². The van der Waals surface area contributed by atoms with Crippen molar-refractivity contribution in [3.05, 3.63) is 66.6 Å². The van der Waals surface area contributed by atoms with E-state index >= 15 is 0 Å². The van der Waals surface area contributed by atoms with Crippen molar-refractivity contribution in [2.45, 2.75) is 6.54 Å². The number of halogens is 2. The van der Waals surface area contributed by atoms with Crippen LogP contribution in [0.15, 0.2) is 51.9 Å². The molecule has 0 bridgehead atoms. The van der Waals surface area contributed by atoms with Gasteiger partial charge in [0.25, 0.3) is 5.56 Å². The molecule has 0 radical (unpaired) electrons. The zero-order valence-corrected chi connectivity index (χ0v) is 12.1. The topological polar surface area (TPSA) is 22.0 Å². The van der Waals surface area contributed by atoms with E-state index in [-0.39, 0.29) is 5.56 Å². The predicted octanol–water partition coefficient (Wildman–Crippen LogP) is 3.26. The van der Waals surface area contributed by atoms with Crippen molar-refractivity contribution in [2.75, 3.05) is 0 Å². The van der Waals surface area contributed by atoms with Gasteiger partial charge in [0.05, 0.1) is 6.54 Å². The molecule has 0 aliphatic heterocycles. The number of benzene rings is 1. The van der Waals surface area contributed by atoms with Crippen molar-refractivity contribution < 1.29 is 0 Å². The molecular weight excluding hydrogens is 381 g/mol. The molecule has 0 aliphatic carbocycles. The summed E-state index contributed by atoms with van der Waals surface area (Å²) < 4.78 is 3.78. The zero-order valence-electron chi connectivity index (χ0n) is 8.36. The summed E-state index contributed by atoms with van der Waals surface area (Å²) >= 11 is 5.65. The van der Waals surface area contributed by atoms with Crippen LogP contribution in [0.25, 0.3) is 0 Å². The highest BCUT2D eigenvalue weighted by molar-refractivity contribution is 14.1. The van der Waals surface area contributed by atoms with Crippen LogP contribution in [0, 0.1) is 3.57 Å². The largest absolute Gasteiger partial charge is 0.310 e. The van der Waals surface area contributed by atoms with Gasteiger partial charge in [0.2, 0.25) is 0 Å². The van der Waals surface area contributed by atoms with Gasteiger partial charge in [0.1, 0.15) is 0 Å². The van der Waals surface area contributed by atoms with Crippen LogP contribution in [0.1, 0.15) is 5.56 Å². The lowest BCUT2D eigenvalue weighted by atomic mass is 10.2. The van der Waals surface area contributed by atoms with Crippen LogP contribution in [0.5, 0.6) is 0 Å². The molecule has 0 unspecified atom stereocenters. The monoisotopic (exact) mass is 389 g/mol. The molecule has 0 aliphatic rings. The molecule has 0 spiro atoms. The molecule has 0 N–H and O–H groups in total. The Morgan fingerprint density at radius 3 is 2.69 bits per heavy atom. The molecule has 4 heteroatoms. The van der Waals surface area contributed by atoms with Crippen LogP contribution in [0.2, 0.25) is 0 Å². The second-order valence-corrected chi connectivity index (χ2v) is 5.48. The van der Waals surface area contributed by atoms with E-state index < -0.39 is 0 Å². The molecule has 1 aromatic carbocycles. The lowest BCUT2D eigenvalue weighted by Crippen LogP contribution is -2.19. The first-order chi connectivity index (χ1) is 7.66. The molecule has 2 rings (SSSR count). The highest BCUT2D eigenvalue weighted by Crippen LogP contribution is 2.13. The number of pyridine rings is 1. The molecule has 16 heavy (non-hydrogen) atoms. The van der Waals surface area contributed by atoms with Crippen molar-refractivity contribution in [2.24, 2.45) is 0 Å². The number of aromatic nitrogens is 1. The van der Waals surface area contributed by atoms with E-state index in [0.717, 1.165) is 10.0 Å². The first kappa shape index (κ1) is 11.9. The second kappa shape index (κ2) is 5.14. The third kappa shape index (κ3) is 2.74. The van der Waals surface area contributed by atoms with Gasteiger partial charge in [0.15, 0.2) is 0 Å². The molecule has 0 fully saturated rings. The average molecular weight is 390 g/mol. The summed E-state index contributed by atoms with van der Waals surface area (Å²) in [6.45, 7) is 0.609. The van der Waals surface area contributed by atoms with E-state index in [1.54, 1.807) is 16.7 Å². The van der Waals surface area contributed by atoms with Crippen molar-refractivity contribution in [3.63, 3.8) is 0 Å². The Hall–Kier alpha value is -0.620. The van der Waals surface area contributed by atoms with E-state index in [2.05, 4.69) is 38.5 Å². The first-order valence-electron chi connectivity index (χ1n) is 4.76. The molecule has 0 saturated carbocycles. The third-order valence-electron chi connectivity index (χ3n) is 2.25. The van der Waals surface area contributed by atoms with Gasteiger partial charge in [-0.2, -0.15) is 0 Å². The SMILES string of the molecule is O=c1ccc(Br)cn1Cc1ccccc1I. The normalized spacial score (nSPS) is 10.4. The number of hydrogen-bond donors (Lipinski definition) is 0. The van der Waals surface area contributed by atoms with Crippen molar-refractivity contribution >= 4 is 38.5 Å². The van der Waals surface area contributed by atoms with Gasteiger partial charge in [-0.3, -0.25) is 4.79 Å². The predicted molar refractivity (Wildman–Crippen MR) is 76.7 cm³/mol. The van der Waals surface area contributed by atoms with Gasteiger partial charge in [-0.1, -0.05) is 18.2 Å². The minimum atomic E-state index is 0.0165. The lowest BCUT2D eigenvalue weighted by Gasteiger charge is -2.07.